The standard InChI is InChI=1S/C18H26N2O/c1-2-13-7-9-14(10-8-13)18(21)20-12-16(19)11-15-5-3-4-6-17(15)20/h3-6,13-14,16H,2,7-12,19H2,1H3. The van der Waals surface area contributed by atoms with Crippen LogP contribution >= 0.6 is 0 Å². The number of nitrogens with two attached hydrogens (primary N) is 1. The molecule has 1 atom stereocenters. The zero-order valence-electron chi connectivity index (χ0n) is 12.9. The third kappa shape index (κ3) is 2.98. The molecule has 1 aliphatic heterocycles. The molecule has 1 aromatic carbocycles. The van der Waals surface area contributed by atoms with E-state index in [9.17, 15) is 4.79 Å². The zero-order chi connectivity index (χ0) is 14.8. The maximum Gasteiger partial charge on any atom is 0.230 e. The lowest BCUT2D eigenvalue weighted by Gasteiger charge is -2.37. The number of hydrogen-bond acceptors (Lipinski definition) is 2. The number of benzene rings is 1. The van der Waals surface area contributed by atoms with E-state index in [0.717, 1.165) is 30.9 Å². The summed E-state index contributed by atoms with van der Waals surface area (Å²) < 4.78 is 0. The molecule has 3 heteroatoms. The number of rotatable bonds is 2. The number of carbonyl (C=O) groups excluding carboxylic acids is 1. The van der Waals surface area contributed by atoms with Crippen LogP contribution in [0.5, 0.6) is 0 Å². The number of hydrogen-bond donors (Lipinski definition) is 1. The molecular weight excluding hydrogens is 260 g/mol. The predicted octanol–water partition coefficient (Wildman–Crippen LogP) is 3.12. The molecule has 1 unspecified atom stereocenters. The van der Waals surface area contributed by atoms with Crippen LogP contribution in [0.3, 0.4) is 0 Å². The molecule has 0 saturated heterocycles. The van der Waals surface area contributed by atoms with E-state index in [-0.39, 0.29) is 12.0 Å². The lowest BCUT2D eigenvalue weighted by atomic mass is 9.80. The molecule has 3 nitrogen and oxygen atoms in total. The van der Waals surface area contributed by atoms with E-state index >= 15 is 0 Å². The number of fused-ring (bicyclic) bond motifs is 1. The maximum atomic E-state index is 12.9. The highest BCUT2D eigenvalue weighted by atomic mass is 16.2. The Morgan fingerprint density at radius 2 is 1.95 bits per heavy atom. The summed E-state index contributed by atoms with van der Waals surface area (Å²) in [6.07, 6.45) is 6.63. The molecule has 0 aromatic heterocycles. The van der Waals surface area contributed by atoms with E-state index in [1.54, 1.807) is 0 Å². The van der Waals surface area contributed by atoms with Crippen molar-refractivity contribution in [3.63, 3.8) is 0 Å². The first-order valence-corrected chi connectivity index (χ1v) is 8.34. The van der Waals surface area contributed by atoms with Gasteiger partial charge in [-0.15, -0.1) is 0 Å². The van der Waals surface area contributed by atoms with Crippen LogP contribution in [0.15, 0.2) is 24.3 Å². The molecule has 2 N–H and O–H groups in total. The Labute approximate surface area is 127 Å². The van der Waals surface area contributed by atoms with Crippen LogP contribution in [0, 0.1) is 11.8 Å². The molecule has 1 aromatic rings. The fourth-order valence-corrected chi connectivity index (χ4v) is 3.87. The van der Waals surface area contributed by atoms with Gasteiger partial charge in [0.25, 0.3) is 0 Å². The van der Waals surface area contributed by atoms with Crippen molar-refractivity contribution >= 4 is 11.6 Å². The number of para-hydroxylation sites is 1. The molecule has 21 heavy (non-hydrogen) atoms. The quantitative estimate of drug-likeness (QED) is 0.908. The largest absolute Gasteiger partial charge is 0.326 e. The first-order chi connectivity index (χ1) is 10.2. The normalized spacial score (nSPS) is 29.0. The Balaban J connectivity index is 1.76. The molecule has 1 saturated carbocycles. The average Bonchev–Trinajstić information content (AvgIpc) is 2.53. The zero-order valence-corrected chi connectivity index (χ0v) is 12.9. The van der Waals surface area contributed by atoms with Gasteiger partial charge >= 0.3 is 0 Å². The van der Waals surface area contributed by atoms with Crippen molar-refractivity contribution in [3.05, 3.63) is 29.8 Å². The van der Waals surface area contributed by atoms with Gasteiger partial charge in [0.15, 0.2) is 0 Å². The third-order valence-corrected chi connectivity index (χ3v) is 5.22. The van der Waals surface area contributed by atoms with E-state index in [4.69, 9.17) is 5.73 Å². The highest BCUT2D eigenvalue weighted by Crippen LogP contribution is 2.34. The first-order valence-electron chi connectivity index (χ1n) is 8.34. The fourth-order valence-electron chi connectivity index (χ4n) is 3.87. The smallest absolute Gasteiger partial charge is 0.230 e. The van der Waals surface area contributed by atoms with Crippen molar-refractivity contribution in [1.82, 2.24) is 0 Å². The monoisotopic (exact) mass is 286 g/mol. The minimum atomic E-state index is 0.0656. The van der Waals surface area contributed by atoms with Crippen molar-refractivity contribution in [2.24, 2.45) is 17.6 Å². The minimum Gasteiger partial charge on any atom is -0.326 e. The van der Waals surface area contributed by atoms with E-state index in [2.05, 4.69) is 19.1 Å². The summed E-state index contributed by atoms with van der Waals surface area (Å²) in [6.45, 7) is 2.93. The van der Waals surface area contributed by atoms with Crippen LogP contribution in [0.1, 0.15) is 44.6 Å². The summed E-state index contributed by atoms with van der Waals surface area (Å²) in [5.74, 6) is 1.32. The highest BCUT2D eigenvalue weighted by Gasteiger charge is 2.33. The van der Waals surface area contributed by atoms with Crippen molar-refractivity contribution in [3.8, 4) is 0 Å². The number of carbonyl (C=O) groups is 1. The van der Waals surface area contributed by atoms with Gasteiger partial charge in [0, 0.05) is 24.2 Å². The molecule has 2 aliphatic rings. The van der Waals surface area contributed by atoms with Gasteiger partial charge in [0.1, 0.15) is 0 Å². The van der Waals surface area contributed by atoms with Gasteiger partial charge in [-0.2, -0.15) is 0 Å². The molecule has 1 fully saturated rings. The second-order valence-electron chi connectivity index (χ2n) is 6.67. The van der Waals surface area contributed by atoms with Crippen LogP contribution in [-0.4, -0.2) is 18.5 Å². The van der Waals surface area contributed by atoms with Gasteiger partial charge < -0.3 is 10.6 Å². The second-order valence-corrected chi connectivity index (χ2v) is 6.67. The van der Waals surface area contributed by atoms with Crippen LogP contribution in [0.25, 0.3) is 0 Å². The van der Waals surface area contributed by atoms with Gasteiger partial charge in [0.2, 0.25) is 5.91 Å². The van der Waals surface area contributed by atoms with Crippen LogP contribution in [0.2, 0.25) is 0 Å². The Hall–Kier alpha value is -1.35. The summed E-state index contributed by atoms with van der Waals surface area (Å²) in [7, 11) is 0. The number of anilines is 1. The first kappa shape index (κ1) is 14.6. The van der Waals surface area contributed by atoms with E-state index in [1.165, 1.54) is 24.8 Å². The summed E-state index contributed by atoms with van der Waals surface area (Å²) in [6, 6.07) is 8.28. The number of amides is 1. The van der Waals surface area contributed by atoms with Crippen molar-refractivity contribution < 1.29 is 4.79 Å². The summed E-state index contributed by atoms with van der Waals surface area (Å²) in [5, 5.41) is 0. The Bertz CT molecular complexity index is 506. The Morgan fingerprint density at radius 3 is 2.67 bits per heavy atom. The summed E-state index contributed by atoms with van der Waals surface area (Å²) in [4.78, 5) is 14.9. The van der Waals surface area contributed by atoms with Crippen LogP contribution in [-0.2, 0) is 11.2 Å². The molecule has 0 spiro atoms. The molecule has 1 aliphatic carbocycles. The Kier molecular flexibility index (Phi) is 4.29. The van der Waals surface area contributed by atoms with Crippen molar-refractivity contribution in [2.75, 3.05) is 11.4 Å². The summed E-state index contributed by atoms with van der Waals surface area (Å²) in [5.41, 5.74) is 8.46. The predicted molar refractivity (Wildman–Crippen MR) is 86.2 cm³/mol. The Morgan fingerprint density at radius 1 is 1.24 bits per heavy atom. The van der Waals surface area contributed by atoms with Gasteiger partial charge in [-0.05, 0) is 49.7 Å². The highest BCUT2D eigenvalue weighted by molar-refractivity contribution is 5.96. The lowest BCUT2D eigenvalue weighted by molar-refractivity contribution is -0.123. The van der Waals surface area contributed by atoms with Gasteiger partial charge in [-0.3, -0.25) is 4.79 Å². The SMILES string of the molecule is CCC1CCC(C(=O)N2CC(N)Cc3ccccc32)CC1. The average molecular weight is 286 g/mol. The maximum absolute atomic E-state index is 12.9. The fraction of sp³-hybridized carbons (Fsp3) is 0.611. The minimum absolute atomic E-state index is 0.0656. The van der Waals surface area contributed by atoms with E-state index in [1.807, 2.05) is 17.0 Å². The lowest BCUT2D eigenvalue weighted by Crippen LogP contribution is -2.48. The second kappa shape index (κ2) is 6.18. The molecular formula is C18H26N2O. The van der Waals surface area contributed by atoms with Crippen LogP contribution in [0.4, 0.5) is 5.69 Å². The molecule has 3 rings (SSSR count). The van der Waals surface area contributed by atoms with Gasteiger partial charge in [-0.25, -0.2) is 0 Å². The molecule has 1 heterocycles. The molecule has 0 radical (unpaired) electrons. The molecule has 1 amide bonds. The van der Waals surface area contributed by atoms with Gasteiger partial charge in [0.05, 0.1) is 0 Å². The topological polar surface area (TPSA) is 46.3 Å². The summed E-state index contributed by atoms with van der Waals surface area (Å²) >= 11 is 0. The van der Waals surface area contributed by atoms with Gasteiger partial charge in [-0.1, -0.05) is 31.5 Å². The molecule has 114 valence electrons. The van der Waals surface area contributed by atoms with E-state index in [0.29, 0.717) is 12.5 Å². The van der Waals surface area contributed by atoms with Crippen molar-refractivity contribution in [2.45, 2.75) is 51.5 Å². The third-order valence-electron chi connectivity index (χ3n) is 5.22. The van der Waals surface area contributed by atoms with Crippen LogP contribution < -0.4 is 10.6 Å². The number of nitrogens with zero attached hydrogens (tertiary/aromatic N) is 1. The van der Waals surface area contributed by atoms with E-state index < -0.39 is 0 Å². The molecule has 0 bridgehead atoms. The van der Waals surface area contributed by atoms with Crippen molar-refractivity contribution in [1.29, 1.82) is 0 Å².